The lowest BCUT2D eigenvalue weighted by molar-refractivity contribution is -0.796. The predicted octanol–water partition coefficient (Wildman–Crippen LogP) is 1.24. The predicted molar refractivity (Wildman–Crippen MR) is 52.1 cm³/mol. The number of amides is 1. The molecule has 80 valence electrons. The number of hydroxylamine groups is 3. The zero-order chi connectivity index (χ0) is 10.8. The van der Waals surface area contributed by atoms with E-state index in [2.05, 4.69) is 0 Å². The van der Waals surface area contributed by atoms with Crippen LogP contribution in [0.5, 0.6) is 0 Å². The summed E-state index contributed by atoms with van der Waals surface area (Å²) >= 11 is 0. The van der Waals surface area contributed by atoms with E-state index < -0.39 is 4.65 Å². The van der Waals surface area contributed by atoms with Gasteiger partial charge < -0.3 is 10.0 Å². The molecule has 0 aromatic carbocycles. The Morgan fingerprint density at radius 1 is 1.64 bits per heavy atom. The molecule has 0 bridgehead atoms. The molecule has 0 radical (unpaired) electrons. The third kappa shape index (κ3) is 2.39. The SMILES string of the molecule is CC(=O)CCC[N+]1([O-])CCC(C)C1=O. The molecule has 0 spiro atoms. The second kappa shape index (κ2) is 4.19. The van der Waals surface area contributed by atoms with Crippen molar-refractivity contribution < 1.29 is 14.2 Å². The zero-order valence-corrected chi connectivity index (χ0v) is 8.78. The summed E-state index contributed by atoms with van der Waals surface area (Å²) in [4.78, 5) is 22.2. The fourth-order valence-corrected chi connectivity index (χ4v) is 1.84. The molecule has 14 heavy (non-hydrogen) atoms. The lowest BCUT2D eigenvalue weighted by atomic mass is 10.1. The van der Waals surface area contributed by atoms with Gasteiger partial charge in [0, 0.05) is 19.3 Å². The highest BCUT2D eigenvalue weighted by Gasteiger charge is 2.38. The molecule has 0 aliphatic carbocycles. The van der Waals surface area contributed by atoms with Crippen molar-refractivity contribution in [2.75, 3.05) is 13.1 Å². The van der Waals surface area contributed by atoms with Gasteiger partial charge in [-0.1, -0.05) is 0 Å². The third-order valence-corrected chi connectivity index (χ3v) is 2.79. The minimum Gasteiger partial charge on any atom is -0.625 e. The first-order valence-corrected chi connectivity index (χ1v) is 5.07. The third-order valence-electron chi connectivity index (χ3n) is 2.79. The van der Waals surface area contributed by atoms with Crippen LogP contribution in [0.1, 0.15) is 33.1 Å². The van der Waals surface area contributed by atoms with E-state index in [1.54, 1.807) is 6.92 Å². The maximum absolute atomic E-state index is 11.9. The molecule has 1 rings (SSSR count). The minimum absolute atomic E-state index is 0.0799. The van der Waals surface area contributed by atoms with Gasteiger partial charge in [0.25, 0.3) is 0 Å². The number of rotatable bonds is 4. The largest absolute Gasteiger partial charge is 0.625 e. The van der Waals surface area contributed by atoms with Crippen molar-refractivity contribution in [2.24, 2.45) is 5.92 Å². The second-order valence-electron chi connectivity index (χ2n) is 4.17. The summed E-state index contributed by atoms with van der Waals surface area (Å²) in [5, 5.41) is 11.9. The fourth-order valence-electron chi connectivity index (χ4n) is 1.84. The second-order valence-corrected chi connectivity index (χ2v) is 4.17. The normalized spacial score (nSPS) is 32.2. The molecule has 0 aromatic heterocycles. The Bertz CT molecular complexity index is 252. The average Bonchev–Trinajstić information content (AvgIpc) is 2.34. The van der Waals surface area contributed by atoms with Gasteiger partial charge in [-0.2, -0.15) is 0 Å². The first kappa shape index (κ1) is 11.3. The molecule has 2 atom stereocenters. The highest BCUT2D eigenvalue weighted by Crippen LogP contribution is 2.25. The number of Topliss-reactive ketones (excluding diaryl/α,β-unsaturated/α-hetero) is 1. The van der Waals surface area contributed by atoms with Gasteiger partial charge in [0.1, 0.15) is 5.78 Å². The van der Waals surface area contributed by atoms with E-state index in [-0.39, 0.29) is 24.2 Å². The number of nitrogens with zero attached hydrogens (tertiary/aromatic N) is 1. The molecule has 1 fully saturated rings. The number of hydrogen-bond donors (Lipinski definition) is 0. The molecule has 1 aliphatic heterocycles. The lowest BCUT2D eigenvalue weighted by Gasteiger charge is -2.35. The molecule has 4 nitrogen and oxygen atoms in total. The monoisotopic (exact) mass is 199 g/mol. The van der Waals surface area contributed by atoms with Crippen molar-refractivity contribution in [3.63, 3.8) is 0 Å². The van der Waals surface area contributed by atoms with Gasteiger partial charge in [-0.25, -0.2) is 4.79 Å². The van der Waals surface area contributed by atoms with Crippen LogP contribution in [0.4, 0.5) is 0 Å². The van der Waals surface area contributed by atoms with E-state index in [9.17, 15) is 14.8 Å². The number of hydrogen-bond acceptors (Lipinski definition) is 3. The van der Waals surface area contributed by atoms with Crippen LogP contribution in [0.15, 0.2) is 0 Å². The fraction of sp³-hybridized carbons (Fsp3) is 0.800. The summed E-state index contributed by atoms with van der Waals surface area (Å²) in [5.74, 6) is -0.241. The van der Waals surface area contributed by atoms with Crippen LogP contribution in [0.25, 0.3) is 0 Å². The van der Waals surface area contributed by atoms with E-state index >= 15 is 0 Å². The van der Waals surface area contributed by atoms with Gasteiger partial charge in [-0.3, -0.25) is 4.65 Å². The van der Waals surface area contributed by atoms with Crippen LogP contribution in [0.3, 0.4) is 0 Å². The summed E-state index contributed by atoms with van der Waals surface area (Å²) in [7, 11) is 0. The van der Waals surface area contributed by atoms with E-state index in [1.807, 2.05) is 0 Å². The minimum atomic E-state index is -0.714. The van der Waals surface area contributed by atoms with Crippen LogP contribution in [-0.2, 0) is 9.59 Å². The Morgan fingerprint density at radius 2 is 2.29 bits per heavy atom. The van der Waals surface area contributed by atoms with Gasteiger partial charge in [0.2, 0.25) is 0 Å². The van der Waals surface area contributed by atoms with E-state index in [4.69, 9.17) is 0 Å². The van der Waals surface area contributed by atoms with Gasteiger partial charge in [-0.15, -0.1) is 0 Å². The standard InChI is InChI=1S/C10H17NO3/c1-8-5-7-11(14,10(8)13)6-3-4-9(2)12/h8H,3-7H2,1-2H3. The Labute approximate surface area is 84.1 Å². The number of ketones is 1. The molecule has 2 unspecified atom stereocenters. The van der Waals surface area contributed by atoms with Crippen molar-refractivity contribution in [1.29, 1.82) is 0 Å². The van der Waals surface area contributed by atoms with Gasteiger partial charge in [-0.05, 0) is 13.8 Å². The molecule has 1 aliphatic rings. The van der Waals surface area contributed by atoms with Crippen LogP contribution >= 0.6 is 0 Å². The Morgan fingerprint density at radius 3 is 2.71 bits per heavy atom. The summed E-state index contributed by atoms with van der Waals surface area (Å²) in [5.41, 5.74) is 0. The van der Waals surface area contributed by atoms with Gasteiger partial charge >= 0.3 is 5.91 Å². The first-order valence-electron chi connectivity index (χ1n) is 5.07. The quantitative estimate of drug-likeness (QED) is 0.505. The molecule has 4 heteroatoms. The molecular weight excluding hydrogens is 182 g/mol. The number of carbonyl (C=O) groups excluding carboxylic acids is 2. The van der Waals surface area contributed by atoms with Crippen molar-refractivity contribution in [2.45, 2.75) is 33.1 Å². The molecule has 0 saturated carbocycles. The molecule has 1 saturated heterocycles. The topological polar surface area (TPSA) is 57.2 Å². The van der Waals surface area contributed by atoms with Crippen molar-refractivity contribution in [3.05, 3.63) is 5.21 Å². The van der Waals surface area contributed by atoms with E-state index in [1.165, 1.54) is 6.92 Å². The molecule has 1 amide bonds. The van der Waals surface area contributed by atoms with E-state index in [0.29, 0.717) is 25.8 Å². The Hall–Kier alpha value is -0.740. The van der Waals surface area contributed by atoms with Crippen LogP contribution < -0.4 is 0 Å². The first-order chi connectivity index (χ1) is 6.46. The van der Waals surface area contributed by atoms with Crippen molar-refractivity contribution >= 4 is 11.7 Å². The molecule has 1 heterocycles. The highest BCUT2D eigenvalue weighted by atomic mass is 16.6. The lowest BCUT2D eigenvalue weighted by Crippen LogP contribution is -2.45. The maximum atomic E-state index is 11.9. The Kier molecular flexibility index (Phi) is 3.39. The number of likely N-dealkylation sites (tertiary alicyclic amines) is 1. The summed E-state index contributed by atoms with van der Waals surface area (Å²) < 4.78 is -0.714. The average molecular weight is 199 g/mol. The summed E-state index contributed by atoms with van der Waals surface area (Å²) in [6.07, 6.45) is 1.61. The Balaban J connectivity index is 2.43. The van der Waals surface area contributed by atoms with Crippen LogP contribution in [0.2, 0.25) is 0 Å². The smallest absolute Gasteiger partial charge is 0.316 e. The molecule has 0 N–H and O–H groups in total. The van der Waals surface area contributed by atoms with Crippen LogP contribution in [0, 0.1) is 11.1 Å². The van der Waals surface area contributed by atoms with Crippen LogP contribution in [-0.4, -0.2) is 29.4 Å². The van der Waals surface area contributed by atoms with Crippen molar-refractivity contribution in [1.82, 2.24) is 0 Å². The van der Waals surface area contributed by atoms with Crippen molar-refractivity contribution in [3.8, 4) is 0 Å². The number of quaternary nitrogens is 1. The number of carbonyl (C=O) groups is 2. The van der Waals surface area contributed by atoms with Gasteiger partial charge in [0.15, 0.2) is 0 Å². The zero-order valence-electron chi connectivity index (χ0n) is 8.78. The molecular formula is C10H17NO3. The maximum Gasteiger partial charge on any atom is 0.316 e. The van der Waals surface area contributed by atoms with Gasteiger partial charge in [0.05, 0.1) is 19.0 Å². The molecule has 0 aromatic rings. The van der Waals surface area contributed by atoms with E-state index in [0.717, 1.165) is 0 Å². The summed E-state index contributed by atoms with van der Waals surface area (Å²) in [6, 6.07) is 0. The summed E-state index contributed by atoms with van der Waals surface area (Å²) in [6.45, 7) is 3.95. The highest BCUT2D eigenvalue weighted by molar-refractivity contribution is 5.75.